The summed E-state index contributed by atoms with van der Waals surface area (Å²) >= 11 is 0. The second-order valence-electron chi connectivity index (χ2n) is 5.23. The maximum atomic E-state index is 12.5. The molecule has 0 saturated carbocycles. The van der Waals surface area contributed by atoms with E-state index in [1.807, 2.05) is 4.90 Å². The number of carbonyl (C=O) groups is 1. The first-order chi connectivity index (χ1) is 9.29. The summed E-state index contributed by atoms with van der Waals surface area (Å²) in [7, 11) is 1.55. The zero-order valence-electron chi connectivity index (χ0n) is 11.1. The van der Waals surface area contributed by atoms with E-state index in [4.69, 9.17) is 4.74 Å². The highest BCUT2D eigenvalue weighted by Crippen LogP contribution is 2.27. The molecule has 1 N–H and O–H groups in total. The first-order valence-corrected chi connectivity index (χ1v) is 6.81. The van der Waals surface area contributed by atoms with Crippen molar-refractivity contribution in [2.24, 2.45) is 5.92 Å². The molecule has 5 nitrogen and oxygen atoms in total. The van der Waals surface area contributed by atoms with Crippen LogP contribution in [0.15, 0.2) is 18.3 Å². The van der Waals surface area contributed by atoms with Gasteiger partial charge in [0.1, 0.15) is 5.56 Å². The highest BCUT2D eigenvalue weighted by Gasteiger charge is 2.37. The van der Waals surface area contributed by atoms with E-state index in [1.165, 1.54) is 12.8 Å². The third kappa shape index (κ3) is 2.30. The Labute approximate surface area is 113 Å². The fourth-order valence-corrected chi connectivity index (χ4v) is 3.10. The molecule has 1 aromatic rings. The average Bonchev–Trinajstić information content (AvgIpc) is 2.90. The summed E-state index contributed by atoms with van der Waals surface area (Å²) in [4.78, 5) is 18.6. The van der Waals surface area contributed by atoms with Gasteiger partial charge in [0.05, 0.1) is 7.11 Å². The van der Waals surface area contributed by atoms with Gasteiger partial charge in [0.15, 0.2) is 0 Å². The minimum absolute atomic E-state index is 0.0288. The number of aromatic nitrogens is 1. The number of amides is 1. The summed E-state index contributed by atoms with van der Waals surface area (Å²) in [6, 6.07) is 4.01. The number of pyridine rings is 1. The number of piperidine rings is 1. The maximum Gasteiger partial charge on any atom is 0.259 e. The molecular formula is C14H19N3O2. The Kier molecular flexibility index (Phi) is 3.38. The van der Waals surface area contributed by atoms with Crippen LogP contribution in [-0.4, -0.2) is 48.6 Å². The molecule has 0 aromatic carbocycles. The maximum absolute atomic E-state index is 12.5. The lowest BCUT2D eigenvalue weighted by Crippen LogP contribution is -2.41. The molecule has 1 aromatic heterocycles. The average molecular weight is 261 g/mol. The molecular weight excluding hydrogens is 242 g/mol. The van der Waals surface area contributed by atoms with Gasteiger partial charge in [0.2, 0.25) is 5.88 Å². The molecule has 1 amide bonds. The number of fused-ring (bicyclic) bond motifs is 1. The Morgan fingerprint density at radius 2 is 2.42 bits per heavy atom. The number of hydrogen-bond acceptors (Lipinski definition) is 4. The van der Waals surface area contributed by atoms with Crippen molar-refractivity contribution in [3.05, 3.63) is 23.9 Å². The second-order valence-corrected chi connectivity index (χ2v) is 5.23. The molecule has 102 valence electrons. The molecule has 3 heterocycles. The molecule has 0 aliphatic carbocycles. The largest absolute Gasteiger partial charge is 0.480 e. The number of methoxy groups -OCH3 is 1. The predicted octanol–water partition coefficient (Wildman–Crippen LogP) is 0.914. The van der Waals surface area contributed by atoms with Crippen molar-refractivity contribution in [3.8, 4) is 5.88 Å². The van der Waals surface area contributed by atoms with Crippen molar-refractivity contribution < 1.29 is 9.53 Å². The summed E-state index contributed by atoms with van der Waals surface area (Å²) in [6.45, 7) is 2.70. The van der Waals surface area contributed by atoms with Gasteiger partial charge < -0.3 is 15.0 Å². The zero-order valence-corrected chi connectivity index (χ0v) is 11.1. The smallest absolute Gasteiger partial charge is 0.259 e. The van der Waals surface area contributed by atoms with Crippen LogP contribution in [0, 0.1) is 5.92 Å². The SMILES string of the molecule is COc1ncccc1C(=O)N1C[C@@H]2CCCN[C@@H]2C1. The number of likely N-dealkylation sites (tertiary alicyclic amines) is 1. The van der Waals surface area contributed by atoms with Crippen molar-refractivity contribution >= 4 is 5.91 Å². The van der Waals surface area contributed by atoms with Gasteiger partial charge in [-0.2, -0.15) is 0 Å². The summed E-state index contributed by atoms with van der Waals surface area (Å²) in [6.07, 6.45) is 4.06. The lowest BCUT2D eigenvalue weighted by Gasteiger charge is -2.24. The lowest BCUT2D eigenvalue weighted by atomic mass is 9.94. The Balaban J connectivity index is 1.77. The summed E-state index contributed by atoms with van der Waals surface area (Å²) in [5.41, 5.74) is 0.559. The molecule has 2 saturated heterocycles. The van der Waals surface area contributed by atoms with Gasteiger partial charge in [-0.25, -0.2) is 4.98 Å². The van der Waals surface area contributed by atoms with E-state index in [-0.39, 0.29) is 5.91 Å². The predicted molar refractivity (Wildman–Crippen MR) is 71.2 cm³/mol. The third-order valence-electron chi connectivity index (χ3n) is 4.08. The zero-order chi connectivity index (χ0) is 13.2. The number of carbonyl (C=O) groups excluding carboxylic acids is 1. The highest BCUT2D eigenvalue weighted by atomic mass is 16.5. The number of nitrogens with one attached hydrogen (secondary N) is 1. The first-order valence-electron chi connectivity index (χ1n) is 6.81. The minimum Gasteiger partial charge on any atom is -0.480 e. The van der Waals surface area contributed by atoms with Gasteiger partial charge in [0.25, 0.3) is 5.91 Å². The molecule has 3 rings (SSSR count). The van der Waals surface area contributed by atoms with Crippen LogP contribution in [0.3, 0.4) is 0 Å². The standard InChI is InChI=1S/C14H19N3O2/c1-19-13-11(5-3-7-16-13)14(18)17-8-10-4-2-6-15-12(10)9-17/h3,5,7,10,12,15H,2,4,6,8-9H2,1H3/t10-,12+/m0/s1. The van der Waals surface area contributed by atoms with Gasteiger partial charge in [-0.15, -0.1) is 0 Å². The minimum atomic E-state index is 0.0288. The summed E-state index contributed by atoms with van der Waals surface area (Å²) < 4.78 is 5.17. The van der Waals surface area contributed by atoms with Crippen molar-refractivity contribution in [3.63, 3.8) is 0 Å². The molecule has 0 spiro atoms. The van der Waals surface area contributed by atoms with Crippen LogP contribution < -0.4 is 10.1 Å². The lowest BCUT2D eigenvalue weighted by molar-refractivity contribution is 0.0781. The van der Waals surface area contributed by atoms with E-state index in [9.17, 15) is 4.79 Å². The molecule has 0 radical (unpaired) electrons. The molecule has 0 unspecified atom stereocenters. The molecule has 19 heavy (non-hydrogen) atoms. The normalized spacial score (nSPS) is 26.1. The van der Waals surface area contributed by atoms with Crippen LogP contribution in [-0.2, 0) is 0 Å². The Hall–Kier alpha value is -1.62. The molecule has 2 atom stereocenters. The van der Waals surface area contributed by atoms with Crippen LogP contribution >= 0.6 is 0 Å². The van der Waals surface area contributed by atoms with E-state index in [1.54, 1.807) is 25.4 Å². The van der Waals surface area contributed by atoms with Crippen LogP contribution in [0.25, 0.3) is 0 Å². The molecule has 2 aliphatic rings. The van der Waals surface area contributed by atoms with E-state index in [0.717, 1.165) is 19.6 Å². The van der Waals surface area contributed by atoms with Crippen LogP contribution in [0.5, 0.6) is 5.88 Å². The van der Waals surface area contributed by atoms with Crippen molar-refractivity contribution in [2.45, 2.75) is 18.9 Å². The van der Waals surface area contributed by atoms with Gasteiger partial charge in [-0.1, -0.05) is 0 Å². The number of nitrogens with zero attached hydrogens (tertiary/aromatic N) is 2. The monoisotopic (exact) mass is 261 g/mol. The van der Waals surface area contributed by atoms with Crippen LogP contribution in [0.2, 0.25) is 0 Å². The van der Waals surface area contributed by atoms with Crippen LogP contribution in [0.1, 0.15) is 23.2 Å². The molecule has 2 aliphatic heterocycles. The van der Waals surface area contributed by atoms with Crippen molar-refractivity contribution in [1.29, 1.82) is 0 Å². The third-order valence-corrected chi connectivity index (χ3v) is 4.08. The van der Waals surface area contributed by atoms with Crippen LogP contribution in [0.4, 0.5) is 0 Å². The fraction of sp³-hybridized carbons (Fsp3) is 0.571. The van der Waals surface area contributed by atoms with E-state index < -0.39 is 0 Å². The molecule has 2 fully saturated rings. The van der Waals surface area contributed by atoms with Gasteiger partial charge in [0, 0.05) is 25.3 Å². The van der Waals surface area contributed by atoms with E-state index in [0.29, 0.717) is 23.4 Å². The Morgan fingerprint density at radius 1 is 1.53 bits per heavy atom. The Morgan fingerprint density at radius 3 is 3.21 bits per heavy atom. The van der Waals surface area contributed by atoms with Gasteiger partial charge in [-0.3, -0.25) is 4.79 Å². The fourth-order valence-electron chi connectivity index (χ4n) is 3.10. The quantitative estimate of drug-likeness (QED) is 0.860. The summed E-state index contributed by atoms with van der Waals surface area (Å²) in [5.74, 6) is 1.04. The van der Waals surface area contributed by atoms with Gasteiger partial charge >= 0.3 is 0 Å². The van der Waals surface area contributed by atoms with Gasteiger partial charge in [-0.05, 0) is 37.4 Å². The van der Waals surface area contributed by atoms with E-state index in [2.05, 4.69) is 10.3 Å². The first kappa shape index (κ1) is 12.4. The Bertz CT molecular complexity index is 464. The second kappa shape index (κ2) is 5.17. The highest BCUT2D eigenvalue weighted by molar-refractivity contribution is 5.96. The summed E-state index contributed by atoms with van der Waals surface area (Å²) in [5, 5.41) is 3.51. The van der Waals surface area contributed by atoms with E-state index >= 15 is 0 Å². The van der Waals surface area contributed by atoms with Crippen molar-refractivity contribution in [1.82, 2.24) is 15.2 Å². The topological polar surface area (TPSA) is 54.5 Å². The number of rotatable bonds is 2. The number of ether oxygens (including phenoxy) is 1. The molecule has 0 bridgehead atoms. The van der Waals surface area contributed by atoms with Crippen molar-refractivity contribution in [2.75, 3.05) is 26.7 Å². The molecule has 5 heteroatoms. The number of hydrogen-bond donors (Lipinski definition) is 1.